The van der Waals surface area contributed by atoms with Crippen LogP contribution in [0.15, 0.2) is 42.5 Å². The number of anilines is 1. The second kappa shape index (κ2) is 9.54. The third kappa shape index (κ3) is 5.96. The molecule has 0 aliphatic heterocycles. The van der Waals surface area contributed by atoms with Crippen molar-refractivity contribution < 1.29 is 19.2 Å². The van der Waals surface area contributed by atoms with Crippen LogP contribution < -0.4 is 14.8 Å². The number of methoxy groups -OCH3 is 1. The van der Waals surface area contributed by atoms with E-state index < -0.39 is 4.92 Å². The molecule has 0 fully saturated rings. The summed E-state index contributed by atoms with van der Waals surface area (Å²) in [5.74, 6) is 0.814. The molecular weight excluding hydrogens is 350 g/mol. The zero-order chi connectivity index (χ0) is 19.8. The lowest BCUT2D eigenvalue weighted by Gasteiger charge is -2.17. The van der Waals surface area contributed by atoms with Crippen LogP contribution >= 0.6 is 0 Å². The summed E-state index contributed by atoms with van der Waals surface area (Å²) >= 11 is 0. The van der Waals surface area contributed by atoms with Crippen molar-refractivity contribution in [3.63, 3.8) is 0 Å². The Balaban J connectivity index is 1.93. The smallest absolute Gasteiger partial charge is 0.273 e. The summed E-state index contributed by atoms with van der Waals surface area (Å²) in [5, 5.41) is 13.5. The zero-order valence-electron chi connectivity index (χ0n) is 15.6. The minimum Gasteiger partial charge on any atom is -0.494 e. The van der Waals surface area contributed by atoms with E-state index in [9.17, 15) is 14.9 Å². The van der Waals surface area contributed by atoms with Crippen molar-refractivity contribution in [2.45, 2.75) is 13.5 Å². The molecule has 27 heavy (non-hydrogen) atoms. The van der Waals surface area contributed by atoms with Crippen molar-refractivity contribution in [2.24, 2.45) is 0 Å². The maximum atomic E-state index is 12.3. The molecule has 144 valence electrons. The predicted molar refractivity (Wildman–Crippen MR) is 102 cm³/mol. The number of hydrogen-bond acceptors (Lipinski definition) is 6. The fourth-order valence-corrected chi connectivity index (χ4v) is 2.56. The van der Waals surface area contributed by atoms with E-state index in [1.165, 1.54) is 25.3 Å². The normalized spacial score (nSPS) is 10.5. The van der Waals surface area contributed by atoms with Gasteiger partial charge in [-0.05, 0) is 37.7 Å². The van der Waals surface area contributed by atoms with Gasteiger partial charge in [0.1, 0.15) is 11.5 Å². The molecule has 0 aliphatic rings. The molecule has 1 amide bonds. The van der Waals surface area contributed by atoms with Crippen LogP contribution in [0.3, 0.4) is 0 Å². The quantitative estimate of drug-likeness (QED) is 0.536. The first-order valence-electron chi connectivity index (χ1n) is 8.45. The number of benzene rings is 2. The largest absolute Gasteiger partial charge is 0.494 e. The maximum Gasteiger partial charge on any atom is 0.273 e. The van der Waals surface area contributed by atoms with E-state index in [4.69, 9.17) is 9.47 Å². The van der Waals surface area contributed by atoms with Gasteiger partial charge in [-0.25, -0.2) is 0 Å². The van der Waals surface area contributed by atoms with Gasteiger partial charge < -0.3 is 14.8 Å². The highest BCUT2D eigenvalue weighted by molar-refractivity contribution is 5.93. The van der Waals surface area contributed by atoms with Crippen LogP contribution in [0, 0.1) is 10.1 Å². The fraction of sp³-hybridized carbons (Fsp3) is 0.316. The number of hydrogen-bond donors (Lipinski definition) is 1. The average Bonchev–Trinajstić information content (AvgIpc) is 2.63. The molecule has 0 bridgehead atoms. The molecule has 0 spiro atoms. The van der Waals surface area contributed by atoms with Crippen LogP contribution in [0.5, 0.6) is 11.5 Å². The highest BCUT2D eigenvalue weighted by atomic mass is 16.6. The molecule has 0 aromatic heterocycles. The molecule has 0 saturated carbocycles. The SMILES string of the molecule is CCOc1ccc(CN(C)CC(=O)Nc2ccc([N+](=O)[O-])cc2OC)cc1. The Morgan fingerprint density at radius 3 is 2.52 bits per heavy atom. The molecule has 0 aliphatic carbocycles. The number of carbonyl (C=O) groups excluding carboxylic acids is 1. The van der Waals surface area contributed by atoms with Gasteiger partial charge in [0.2, 0.25) is 5.91 Å². The third-order valence-electron chi connectivity index (χ3n) is 3.77. The number of non-ortho nitro benzene ring substituents is 1. The van der Waals surface area contributed by atoms with Gasteiger partial charge in [-0.2, -0.15) is 0 Å². The second-order valence-corrected chi connectivity index (χ2v) is 5.94. The molecule has 1 N–H and O–H groups in total. The summed E-state index contributed by atoms with van der Waals surface area (Å²) in [6, 6.07) is 11.8. The highest BCUT2D eigenvalue weighted by Gasteiger charge is 2.14. The Morgan fingerprint density at radius 2 is 1.93 bits per heavy atom. The van der Waals surface area contributed by atoms with Gasteiger partial charge in [0.15, 0.2) is 0 Å². The Labute approximate surface area is 157 Å². The molecule has 2 rings (SSSR count). The molecule has 0 radical (unpaired) electrons. The van der Waals surface area contributed by atoms with Gasteiger partial charge in [-0.15, -0.1) is 0 Å². The molecule has 8 heteroatoms. The molecule has 0 saturated heterocycles. The number of carbonyl (C=O) groups is 1. The van der Waals surface area contributed by atoms with E-state index in [2.05, 4.69) is 5.32 Å². The van der Waals surface area contributed by atoms with Gasteiger partial charge >= 0.3 is 0 Å². The lowest BCUT2D eigenvalue weighted by atomic mass is 10.2. The molecule has 0 unspecified atom stereocenters. The molecule has 8 nitrogen and oxygen atoms in total. The zero-order valence-corrected chi connectivity index (χ0v) is 15.6. The summed E-state index contributed by atoms with van der Waals surface area (Å²) in [7, 11) is 3.23. The van der Waals surface area contributed by atoms with Crippen LogP contribution in [0.1, 0.15) is 12.5 Å². The third-order valence-corrected chi connectivity index (χ3v) is 3.77. The van der Waals surface area contributed by atoms with Crippen molar-refractivity contribution >= 4 is 17.3 Å². The van der Waals surface area contributed by atoms with Gasteiger partial charge in [-0.3, -0.25) is 19.8 Å². The minimum atomic E-state index is -0.515. The van der Waals surface area contributed by atoms with Crippen molar-refractivity contribution in [3.05, 3.63) is 58.1 Å². The summed E-state index contributed by atoms with van der Waals surface area (Å²) in [6.45, 7) is 3.30. The van der Waals surface area contributed by atoms with Gasteiger partial charge in [0, 0.05) is 12.6 Å². The van der Waals surface area contributed by atoms with E-state index in [0.717, 1.165) is 11.3 Å². The Hall–Kier alpha value is -3.13. The summed E-state index contributed by atoms with van der Waals surface area (Å²) in [4.78, 5) is 24.5. The Bertz CT molecular complexity index is 792. The number of nitro benzene ring substituents is 1. The average molecular weight is 373 g/mol. The van der Waals surface area contributed by atoms with E-state index in [-0.39, 0.29) is 23.9 Å². The predicted octanol–water partition coefficient (Wildman–Crippen LogP) is 3.07. The van der Waals surface area contributed by atoms with Gasteiger partial charge in [-0.1, -0.05) is 12.1 Å². The van der Waals surface area contributed by atoms with Crippen molar-refractivity contribution in [1.82, 2.24) is 4.90 Å². The lowest BCUT2D eigenvalue weighted by Crippen LogP contribution is -2.29. The number of likely N-dealkylation sites (N-methyl/N-ethyl adjacent to an activating group) is 1. The van der Waals surface area contributed by atoms with Crippen LogP contribution in [-0.2, 0) is 11.3 Å². The minimum absolute atomic E-state index is 0.0996. The van der Waals surface area contributed by atoms with Crippen molar-refractivity contribution in [3.8, 4) is 11.5 Å². The van der Waals surface area contributed by atoms with Gasteiger partial charge in [0.25, 0.3) is 5.69 Å². The molecule has 2 aromatic rings. The van der Waals surface area contributed by atoms with Gasteiger partial charge in [0.05, 0.1) is 36.9 Å². The number of nitro groups is 1. The second-order valence-electron chi connectivity index (χ2n) is 5.94. The summed E-state index contributed by atoms with van der Waals surface area (Å²) in [6.07, 6.45) is 0. The number of nitrogens with one attached hydrogen (secondary N) is 1. The maximum absolute atomic E-state index is 12.3. The fourth-order valence-electron chi connectivity index (χ4n) is 2.56. The van der Waals surface area contributed by atoms with E-state index in [0.29, 0.717) is 18.8 Å². The highest BCUT2D eigenvalue weighted by Crippen LogP contribution is 2.28. The molecule has 2 aromatic carbocycles. The first-order chi connectivity index (χ1) is 12.9. The van der Waals surface area contributed by atoms with E-state index in [1.54, 1.807) is 0 Å². The number of amides is 1. The van der Waals surface area contributed by atoms with Crippen LogP contribution in [0.25, 0.3) is 0 Å². The first kappa shape index (κ1) is 20.2. The standard InChI is InChI=1S/C19H23N3O5/c1-4-27-16-8-5-14(6-9-16)12-21(2)13-19(23)20-17-10-7-15(22(24)25)11-18(17)26-3/h5-11H,4,12-13H2,1-3H3,(H,20,23). The molecular formula is C19H23N3O5. The topological polar surface area (TPSA) is 93.9 Å². The summed E-state index contributed by atoms with van der Waals surface area (Å²) < 4.78 is 10.5. The Morgan fingerprint density at radius 1 is 1.22 bits per heavy atom. The summed E-state index contributed by atoms with van der Waals surface area (Å²) in [5.41, 5.74) is 1.35. The van der Waals surface area contributed by atoms with E-state index >= 15 is 0 Å². The Kier molecular flexibility index (Phi) is 7.13. The van der Waals surface area contributed by atoms with Crippen LogP contribution in [-0.4, -0.2) is 43.0 Å². The lowest BCUT2D eigenvalue weighted by molar-refractivity contribution is -0.384. The van der Waals surface area contributed by atoms with Crippen molar-refractivity contribution in [1.29, 1.82) is 0 Å². The number of rotatable bonds is 9. The number of ether oxygens (including phenoxy) is 2. The van der Waals surface area contributed by atoms with Crippen LogP contribution in [0.4, 0.5) is 11.4 Å². The molecule has 0 heterocycles. The molecule has 0 atom stereocenters. The first-order valence-corrected chi connectivity index (χ1v) is 8.45. The monoisotopic (exact) mass is 373 g/mol. The number of nitrogens with zero attached hydrogens (tertiary/aromatic N) is 2. The van der Waals surface area contributed by atoms with Crippen molar-refractivity contribution in [2.75, 3.05) is 32.6 Å². The van der Waals surface area contributed by atoms with Crippen LogP contribution in [0.2, 0.25) is 0 Å². The van der Waals surface area contributed by atoms with E-state index in [1.807, 2.05) is 43.1 Å².